The van der Waals surface area contributed by atoms with Crippen molar-refractivity contribution in [3.8, 4) is 5.75 Å². The zero-order valence-electron chi connectivity index (χ0n) is 10.7. The molecule has 1 aromatic carbocycles. The Morgan fingerprint density at radius 3 is 2.58 bits per heavy atom. The summed E-state index contributed by atoms with van der Waals surface area (Å²) in [4.78, 5) is 1.17. The van der Waals surface area contributed by atoms with Crippen LogP contribution in [0.25, 0.3) is 0 Å². The van der Waals surface area contributed by atoms with E-state index in [1.54, 1.807) is 18.4 Å². The van der Waals surface area contributed by atoms with E-state index in [9.17, 15) is 0 Å². The molecule has 2 rings (SSSR count). The summed E-state index contributed by atoms with van der Waals surface area (Å²) in [5.41, 5.74) is 1.10. The van der Waals surface area contributed by atoms with Gasteiger partial charge < -0.3 is 10.1 Å². The van der Waals surface area contributed by atoms with Crippen molar-refractivity contribution < 1.29 is 4.74 Å². The van der Waals surface area contributed by atoms with E-state index in [2.05, 4.69) is 12.2 Å². The van der Waals surface area contributed by atoms with Gasteiger partial charge in [0.15, 0.2) is 0 Å². The largest absolute Gasteiger partial charge is 0.495 e. The van der Waals surface area contributed by atoms with Gasteiger partial charge in [-0.3, -0.25) is 0 Å². The lowest BCUT2D eigenvalue weighted by Crippen LogP contribution is -2.21. The van der Waals surface area contributed by atoms with Crippen LogP contribution in [0.1, 0.15) is 23.4 Å². The Balaban J connectivity index is 2.36. The normalized spacial score (nSPS) is 12.4. The van der Waals surface area contributed by atoms with Crippen LogP contribution >= 0.6 is 34.5 Å². The lowest BCUT2D eigenvalue weighted by molar-refractivity contribution is 0.414. The highest BCUT2D eigenvalue weighted by molar-refractivity contribution is 7.16. The molecular formula is C14H15Cl2NOS. The van der Waals surface area contributed by atoms with Crippen LogP contribution in [0.4, 0.5) is 0 Å². The van der Waals surface area contributed by atoms with Crippen LogP contribution in [-0.4, -0.2) is 13.7 Å². The van der Waals surface area contributed by atoms with Crippen LogP contribution < -0.4 is 10.1 Å². The van der Waals surface area contributed by atoms with E-state index in [4.69, 9.17) is 27.9 Å². The van der Waals surface area contributed by atoms with E-state index in [0.717, 1.165) is 16.4 Å². The maximum Gasteiger partial charge on any atom is 0.137 e. The molecule has 1 aromatic heterocycles. The zero-order chi connectivity index (χ0) is 13.8. The molecule has 0 saturated carbocycles. The van der Waals surface area contributed by atoms with E-state index >= 15 is 0 Å². The van der Waals surface area contributed by atoms with Gasteiger partial charge in [0.2, 0.25) is 0 Å². The Morgan fingerprint density at radius 2 is 2.05 bits per heavy atom. The second-order valence-corrected chi connectivity index (χ2v) is 6.18. The molecule has 2 nitrogen and oxygen atoms in total. The third kappa shape index (κ3) is 3.42. The Hall–Kier alpha value is -0.740. The van der Waals surface area contributed by atoms with E-state index in [0.29, 0.717) is 10.8 Å². The first kappa shape index (κ1) is 14.7. The molecule has 0 aliphatic rings. The number of nitrogens with one attached hydrogen (secondary N) is 1. The van der Waals surface area contributed by atoms with Crippen LogP contribution in [0.3, 0.4) is 0 Å². The fourth-order valence-corrected chi connectivity index (χ4v) is 3.36. The summed E-state index contributed by atoms with van der Waals surface area (Å²) in [6.45, 7) is 2.94. The lowest BCUT2D eigenvalue weighted by atomic mass is 10.1. The van der Waals surface area contributed by atoms with Crippen molar-refractivity contribution in [2.45, 2.75) is 13.0 Å². The van der Waals surface area contributed by atoms with Gasteiger partial charge in [0.05, 0.1) is 22.5 Å². The van der Waals surface area contributed by atoms with E-state index in [1.807, 2.05) is 30.3 Å². The number of thiophene rings is 1. The van der Waals surface area contributed by atoms with Gasteiger partial charge in [-0.2, -0.15) is 0 Å². The fourth-order valence-electron chi connectivity index (χ4n) is 1.93. The van der Waals surface area contributed by atoms with Crippen molar-refractivity contribution in [3.63, 3.8) is 0 Å². The Bertz CT molecular complexity index is 556. The average molecular weight is 316 g/mol. The number of hydrogen-bond donors (Lipinski definition) is 1. The van der Waals surface area contributed by atoms with Gasteiger partial charge in [-0.15, -0.1) is 11.3 Å². The van der Waals surface area contributed by atoms with Crippen molar-refractivity contribution >= 4 is 34.5 Å². The summed E-state index contributed by atoms with van der Waals surface area (Å²) in [6.07, 6.45) is 0. The molecule has 0 bridgehead atoms. The fraction of sp³-hybridized carbons (Fsp3) is 0.286. The highest BCUT2D eigenvalue weighted by atomic mass is 35.5. The van der Waals surface area contributed by atoms with Crippen molar-refractivity contribution in [3.05, 3.63) is 50.1 Å². The van der Waals surface area contributed by atoms with Crippen LogP contribution in [0.5, 0.6) is 5.75 Å². The van der Waals surface area contributed by atoms with Gasteiger partial charge in [-0.1, -0.05) is 36.2 Å². The molecule has 2 aromatic rings. The predicted octanol–water partition coefficient (Wildman–Crippen LogP) is 4.76. The number of halogens is 2. The first-order valence-electron chi connectivity index (χ1n) is 5.97. The quantitative estimate of drug-likeness (QED) is 0.858. The number of hydrogen-bond acceptors (Lipinski definition) is 3. The second kappa shape index (κ2) is 6.62. The van der Waals surface area contributed by atoms with Gasteiger partial charge in [0.1, 0.15) is 5.75 Å². The maximum absolute atomic E-state index is 6.19. The van der Waals surface area contributed by atoms with Gasteiger partial charge in [-0.25, -0.2) is 0 Å². The minimum Gasteiger partial charge on any atom is -0.495 e. The van der Waals surface area contributed by atoms with Crippen LogP contribution in [0.2, 0.25) is 9.36 Å². The molecule has 1 unspecified atom stereocenters. The molecule has 1 atom stereocenters. The van der Waals surface area contributed by atoms with Crippen LogP contribution in [0.15, 0.2) is 30.3 Å². The summed E-state index contributed by atoms with van der Waals surface area (Å²) >= 11 is 13.8. The minimum absolute atomic E-state index is 0.103. The first-order valence-corrected chi connectivity index (χ1v) is 7.55. The molecule has 0 aliphatic carbocycles. The molecule has 19 heavy (non-hydrogen) atoms. The lowest BCUT2D eigenvalue weighted by Gasteiger charge is -2.18. The van der Waals surface area contributed by atoms with Gasteiger partial charge in [0, 0.05) is 4.88 Å². The Morgan fingerprint density at radius 1 is 1.26 bits per heavy atom. The molecule has 1 heterocycles. The number of ether oxygens (including phenoxy) is 1. The molecule has 0 radical (unpaired) electrons. The molecule has 0 amide bonds. The molecular weight excluding hydrogens is 301 g/mol. The van der Waals surface area contributed by atoms with E-state index in [-0.39, 0.29) is 6.04 Å². The second-order valence-electron chi connectivity index (χ2n) is 4.03. The van der Waals surface area contributed by atoms with E-state index in [1.165, 1.54) is 4.88 Å². The first-order chi connectivity index (χ1) is 9.15. The molecule has 0 spiro atoms. The number of benzene rings is 1. The van der Waals surface area contributed by atoms with Gasteiger partial charge >= 0.3 is 0 Å². The maximum atomic E-state index is 6.19. The summed E-state index contributed by atoms with van der Waals surface area (Å²) in [7, 11) is 1.61. The molecule has 0 aliphatic heterocycles. The molecule has 0 fully saturated rings. The van der Waals surface area contributed by atoms with E-state index < -0.39 is 0 Å². The third-order valence-electron chi connectivity index (χ3n) is 2.80. The van der Waals surface area contributed by atoms with Gasteiger partial charge in [-0.05, 0) is 36.4 Å². The zero-order valence-corrected chi connectivity index (χ0v) is 13.1. The highest BCUT2D eigenvalue weighted by Crippen LogP contribution is 2.34. The summed E-state index contributed by atoms with van der Waals surface area (Å²) < 4.78 is 5.97. The van der Waals surface area contributed by atoms with Crippen molar-refractivity contribution in [1.29, 1.82) is 0 Å². The summed E-state index contributed by atoms with van der Waals surface area (Å²) in [6, 6.07) is 9.89. The smallest absolute Gasteiger partial charge is 0.137 e. The summed E-state index contributed by atoms with van der Waals surface area (Å²) in [5, 5.41) is 4.06. The number of rotatable bonds is 5. The number of methoxy groups -OCH3 is 1. The Labute approximate surface area is 127 Å². The SMILES string of the molecule is CCNC(c1ccc(OC)c(Cl)c1)c1ccc(Cl)s1. The summed E-state index contributed by atoms with van der Waals surface area (Å²) in [5.74, 6) is 0.685. The Kier molecular flexibility index (Phi) is 5.11. The van der Waals surface area contributed by atoms with Crippen LogP contribution in [-0.2, 0) is 0 Å². The molecule has 1 N–H and O–H groups in total. The predicted molar refractivity (Wildman–Crippen MR) is 82.9 cm³/mol. The monoisotopic (exact) mass is 315 g/mol. The standard InChI is InChI=1S/C14H15Cl2NOS/c1-3-17-14(12-6-7-13(16)19-12)9-4-5-11(18-2)10(15)8-9/h4-8,14,17H,3H2,1-2H3. The van der Waals surface area contributed by atoms with Crippen molar-refractivity contribution in [2.75, 3.05) is 13.7 Å². The van der Waals surface area contributed by atoms with Gasteiger partial charge in [0.25, 0.3) is 0 Å². The molecule has 5 heteroatoms. The minimum atomic E-state index is 0.103. The molecule has 102 valence electrons. The molecule has 0 saturated heterocycles. The topological polar surface area (TPSA) is 21.3 Å². The van der Waals surface area contributed by atoms with Crippen molar-refractivity contribution in [1.82, 2.24) is 5.32 Å². The average Bonchev–Trinajstić information content (AvgIpc) is 2.82. The van der Waals surface area contributed by atoms with Crippen molar-refractivity contribution in [2.24, 2.45) is 0 Å². The third-order valence-corrected chi connectivity index (χ3v) is 4.39. The van der Waals surface area contributed by atoms with Crippen LogP contribution in [0, 0.1) is 0 Å². The highest BCUT2D eigenvalue weighted by Gasteiger charge is 2.16.